The number of rotatable bonds is 5. The first-order valence-corrected chi connectivity index (χ1v) is 8.78. The average molecular weight is 339 g/mol. The highest BCUT2D eigenvalue weighted by atomic mass is 16.5. The normalized spacial score (nSPS) is 18.5. The van der Waals surface area contributed by atoms with E-state index in [0.29, 0.717) is 24.2 Å². The third kappa shape index (κ3) is 3.46. The number of hydrogen-bond donors (Lipinski definition) is 0. The maximum absolute atomic E-state index is 5.58. The molecule has 1 aliphatic rings. The average Bonchev–Trinajstić information content (AvgIpc) is 3.32. The van der Waals surface area contributed by atoms with Gasteiger partial charge in [-0.05, 0) is 19.4 Å². The summed E-state index contributed by atoms with van der Waals surface area (Å²) in [7, 11) is 0. The molecule has 0 unspecified atom stereocenters. The second-order valence-electron chi connectivity index (χ2n) is 6.26. The van der Waals surface area contributed by atoms with E-state index in [9.17, 15) is 0 Å². The van der Waals surface area contributed by atoms with Gasteiger partial charge in [0.25, 0.3) is 0 Å². The number of benzene rings is 1. The van der Waals surface area contributed by atoms with E-state index in [-0.39, 0.29) is 6.04 Å². The third-order valence-corrected chi connectivity index (χ3v) is 4.54. The Kier molecular flexibility index (Phi) is 4.56. The molecule has 1 fully saturated rings. The summed E-state index contributed by atoms with van der Waals surface area (Å²) < 4.78 is 10.9. The monoisotopic (exact) mass is 339 g/mol. The molecular formula is C18H21N5O2. The van der Waals surface area contributed by atoms with Gasteiger partial charge in [-0.15, -0.1) is 0 Å². The molecule has 25 heavy (non-hydrogen) atoms. The molecule has 130 valence electrons. The molecule has 0 bridgehead atoms. The topological polar surface area (TPSA) is 81.1 Å². The first kappa shape index (κ1) is 16.0. The van der Waals surface area contributed by atoms with Gasteiger partial charge in [0.1, 0.15) is 0 Å². The van der Waals surface area contributed by atoms with Crippen LogP contribution in [0.3, 0.4) is 0 Å². The smallest absolute Gasteiger partial charge is 0.244 e. The summed E-state index contributed by atoms with van der Waals surface area (Å²) in [6.07, 6.45) is 4.06. The van der Waals surface area contributed by atoms with Gasteiger partial charge < -0.3 is 9.05 Å². The van der Waals surface area contributed by atoms with Crippen molar-refractivity contribution in [2.24, 2.45) is 0 Å². The Labute approximate surface area is 146 Å². The molecule has 7 heteroatoms. The third-order valence-electron chi connectivity index (χ3n) is 4.54. The fourth-order valence-corrected chi connectivity index (χ4v) is 3.21. The quantitative estimate of drug-likeness (QED) is 0.704. The van der Waals surface area contributed by atoms with Crippen LogP contribution in [-0.4, -0.2) is 31.7 Å². The van der Waals surface area contributed by atoms with Crippen LogP contribution >= 0.6 is 0 Å². The molecule has 3 aromatic rings. The van der Waals surface area contributed by atoms with E-state index >= 15 is 0 Å². The van der Waals surface area contributed by atoms with Crippen molar-refractivity contribution in [2.75, 3.05) is 6.54 Å². The van der Waals surface area contributed by atoms with Gasteiger partial charge in [0, 0.05) is 12.0 Å². The number of aryl methyl sites for hydroxylation is 1. The molecule has 1 aromatic carbocycles. The van der Waals surface area contributed by atoms with Crippen molar-refractivity contribution in [3.8, 4) is 11.4 Å². The summed E-state index contributed by atoms with van der Waals surface area (Å²) >= 11 is 0. The van der Waals surface area contributed by atoms with E-state index in [4.69, 9.17) is 9.05 Å². The van der Waals surface area contributed by atoms with E-state index in [0.717, 1.165) is 43.6 Å². The van der Waals surface area contributed by atoms with Crippen molar-refractivity contribution in [1.82, 2.24) is 25.2 Å². The lowest BCUT2D eigenvalue weighted by molar-refractivity contribution is 0.0986. The zero-order chi connectivity index (χ0) is 17.1. The van der Waals surface area contributed by atoms with E-state index in [1.807, 2.05) is 37.3 Å². The second-order valence-corrected chi connectivity index (χ2v) is 6.26. The molecule has 0 N–H and O–H groups in total. The molecular weight excluding hydrogens is 318 g/mol. The van der Waals surface area contributed by atoms with Crippen LogP contribution in [0.15, 0.2) is 39.4 Å². The van der Waals surface area contributed by atoms with Crippen LogP contribution in [0.25, 0.3) is 11.4 Å². The van der Waals surface area contributed by atoms with Crippen LogP contribution in [0.2, 0.25) is 0 Å². The molecule has 0 saturated carbocycles. The van der Waals surface area contributed by atoms with Gasteiger partial charge in [0.2, 0.25) is 17.6 Å². The van der Waals surface area contributed by atoms with E-state index in [1.54, 1.807) is 0 Å². The first-order valence-electron chi connectivity index (χ1n) is 8.78. The van der Waals surface area contributed by atoms with Crippen LogP contribution in [0.1, 0.15) is 49.8 Å². The van der Waals surface area contributed by atoms with Crippen molar-refractivity contribution < 1.29 is 9.05 Å². The Hall–Kier alpha value is -2.54. The summed E-state index contributed by atoms with van der Waals surface area (Å²) in [4.78, 5) is 11.3. The minimum atomic E-state index is 0.0932. The van der Waals surface area contributed by atoms with Gasteiger partial charge in [0.05, 0.1) is 12.6 Å². The van der Waals surface area contributed by atoms with Crippen LogP contribution in [0, 0.1) is 0 Å². The Morgan fingerprint density at radius 1 is 1.08 bits per heavy atom. The van der Waals surface area contributed by atoms with Crippen molar-refractivity contribution in [3.63, 3.8) is 0 Å². The SMILES string of the molecule is CCc1noc(CN2CCCC[C@H]2c2nc(-c3ccccc3)no2)n1. The highest BCUT2D eigenvalue weighted by Gasteiger charge is 2.30. The Morgan fingerprint density at radius 3 is 2.76 bits per heavy atom. The van der Waals surface area contributed by atoms with Gasteiger partial charge in [0.15, 0.2) is 5.82 Å². The van der Waals surface area contributed by atoms with Gasteiger partial charge in [-0.3, -0.25) is 4.90 Å². The Balaban J connectivity index is 1.54. The number of nitrogens with zero attached hydrogens (tertiary/aromatic N) is 5. The second kappa shape index (κ2) is 7.14. The molecule has 1 aliphatic heterocycles. The minimum Gasteiger partial charge on any atom is -0.338 e. The lowest BCUT2D eigenvalue weighted by Crippen LogP contribution is -2.33. The van der Waals surface area contributed by atoms with Gasteiger partial charge in [-0.2, -0.15) is 9.97 Å². The van der Waals surface area contributed by atoms with Gasteiger partial charge in [-0.1, -0.05) is 54.0 Å². The first-order chi connectivity index (χ1) is 12.3. The van der Waals surface area contributed by atoms with E-state index in [1.165, 1.54) is 0 Å². The summed E-state index contributed by atoms with van der Waals surface area (Å²) in [6.45, 7) is 3.58. The standard InChI is InChI=1S/C18H21N5O2/c1-2-15-19-16(24-21-15)12-23-11-7-6-10-14(23)18-20-17(22-25-18)13-8-4-3-5-9-13/h3-5,8-9,14H,2,6-7,10-12H2,1H3/t14-/m0/s1. The fourth-order valence-electron chi connectivity index (χ4n) is 3.21. The largest absolute Gasteiger partial charge is 0.338 e. The van der Waals surface area contributed by atoms with Gasteiger partial charge >= 0.3 is 0 Å². The predicted octanol–water partition coefficient (Wildman–Crippen LogP) is 3.41. The summed E-state index contributed by atoms with van der Waals surface area (Å²) in [6, 6.07) is 9.98. The molecule has 2 aromatic heterocycles. The maximum atomic E-state index is 5.58. The Morgan fingerprint density at radius 2 is 1.96 bits per heavy atom. The number of likely N-dealkylation sites (tertiary alicyclic amines) is 1. The van der Waals surface area contributed by atoms with Crippen LogP contribution in [0.4, 0.5) is 0 Å². The minimum absolute atomic E-state index is 0.0932. The molecule has 7 nitrogen and oxygen atoms in total. The fraction of sp³-hybridized carbons (Fsp3) is 0.444. The van der Waals surface area contributed by atoms with Gasteiger partial charge in [-0.25, -0.2) is 0 Å². The highest BCUT2D eigenvalue weighted by molar-refractivity contribution is 5.53. The molecule has 1 atom stereocenters. The molecule has 4 rings (SSSR count). The molecule has 0 aliphatic carbocycles. The molecule has 1 saturated heterocycles. The van der Waals surface area contributed by atoms with Crippen LogP contribution in [-0.2, 0) is 13.0 Å². The zero-order valence-corrected chi connectivity index (χ0v) is 14.3. The molecule has 0 radical (unpaired) electrons. The van der Waals surface area contributed by atoms with Crippen LogP contribution < -0.4 is 0 Å². The highest BCUT2D eigenvalue weighted by Crippen LogP contribution is 2.32. The summed E-state index contributed by atoms with van der Waals surface area (Å²) in [5.41, 5.74) is 0.962. The van der Waals surface area contributed by atoms with E-state index in [2.05, 4.69) is 25.2 Å². The van der Waals surface area contributed by atoms with Crippen molar-refractivity contribution in [1.29, 1.82) is 0 Å². The zero-order valence-electron chi connectivity index (χ0n) is 14.3. The Bertz CT molecular complexity index is 814. The summed E-state index contributed by atoms with van der Waals surface area (Å²) in [5.74, 6) is 2.68. The number of hydrogen-bond acceptors (Lipinski definition) is 7. The van der Waals surface area contributed by atoms with Crippen molar-refractivity contribution >= 4 is 0 Å². The van der Waals surface area contributed by atoms with Crippen LogP contribution in [0.5, 0.6) is 0 Å². The lowest BCUT2D eigenvalue weighted by atomic mass is 10.0. The lowest BCUT2D eigenvalue weighted by Gasteiger charge is -2.31. The molecule has 0 amide bonds. The summed E-state index contributed by atoms with van der Waals surface area (Å²) in [5, 5.41) is 8.13. The number of aromatic nitrogens is 4. The van der Waals surface area contributed by atoms with Crippen molar-refractivity contribution in [3.05, 3.63) is 47.9 Å². The van der Waals surface area contributed by atoms with E-state index < -0.39 is 0 Å². The molecule has 3 heterocycles. The number of piperidine rings is 1. The van der Waals surface area contributed by atoms with Crippen molar-refractivity contribution in [2.45, 2.75) is 45.2 Å². The predicted molar refractivity (Wildman–Crippen MR) is 90.4 cm³/mol. The molecule has 0 spiro atoms. The maximum Gasteiger partial charge on any atom is 0.244 e.